The maximum absolute atomic E-state index is 4.09. The fourth-order valence-corrected chi connectivity index (χ4v) is 2.30. The van der Waals surface area contributed by atoms with E-state index in [1.807, 2.05) is 4.68 Å². The van der Waals surface area contributed by atoms with Gasteiger partial charge in [-0.1, -0.05) is 49.4 Å². The van der Waals surface area contributed by atoms with E-state index in [0.29, 0.717) is 13.1 Å². The molecule has 3 rings (SSSR count). The molecule has 0 saturated heterocycles. The molecule has 1 aromatic heterocycles. The van der Waals surface area contributed by atoms with E-state index >= 15 is 0 Å². The molecule has 0 spiro atoms. The van der Waals surface area contributed by atoms with Gasteiger partial charge in [-0.2, -0.15) is 0 Å². The topological polar surface area (TPSA) is 55.6 Å². The summed E-state index contributed by atoms with van der Waals surface area (Å²) in [5.74, 6) is 0.861. The van der Waals surface area contributed by atoms with Crippen LogP contribution in [0.2, 0.25) is 0 Å². The number of hydrogen-bond acceptors (Lipinski definition) is 4. The second-order valence-electron chi connectivity index (χ2n) is 4.67. The molecule has 5 nitrogen and oxygen atoms in total. The van der Waals surface area contributed by atoms with Crippen molar-refractivity contribution in [3.63, 3.8) is 0 Å². The van der Waals surface area contributed by atoms with Crippen LogP contribution >= 0.6 is 0 Å². The number of hydrogen-bond donors (Lipinski definition) is 1. The summed E-state index contributed by atoms with van der Waals surface area (Å²) >= 11 is 0. The van der Waals surface area contributed by atoms with Crippen LogP contribution in [0.15, 0.2) is 42.5 Å². The maximum atomic E-state index is 4.09. The Bertz CT molecular complexity index is 699. The van der Waals surface area contributed by atoms with Crippen LogP contribution in [-0.2, 0) is 13.1 Å². The first-order chi connectivity index (χ1) is 9.88. The van der Waals surface area contributed by atoms with Gasteiger partial charge in [-0.05, 0) is 33.3 Å². The predicted molar refractivity (Wildman–Crippen MR) is 78.2 cm³/mol. The Morgan fingerprint density at radius 1 is 1.10 bits per heavy atom. The third-order valence-corrected chi connectivity index (χ3v) is 3.34. The quantitative estimate of drug-likeness (QED) is 0.768. The van der Waals surface area contributed by atoms with Crippen molar-refractivity contribution in [1.29, 1.82) is 0 Å². The number of nitrogens with one attached hydrogen (secondary N) is 1. The summed E-state index contributed by atoms with van der Waals surface area (Å²) in [4.78, 5) is 0. The molecular formula is C15H17N5. The van der Waals surface area contributed by atoms with E-state index in [0.717, 1.165) is 12.4 Å². The third kappa shape index (κ3) is 2.53. The number of fused-ring (bicyclic) bond motifs is 1. The maximum Gasteiger partial charge on any atom is 0.165 e. The van der Waals surface area contributed by atoms with Gasteiger partial charge in [0.05, 0.1) is 13.1 Å². The second kappa shape index (κ2) is 5.79. The summed E-state index contributed by atoms with van der Waals surface area (Å²) in [6.45, 7) is 4.35. The van der Waals surface area contributed by atoms with Crippen LogP contribution in [0.25, 0.3) is 10.8 Å². The lowest BCUT2D eigenvalue weighted by molar-refractivity contribution is 0.589. The van der Waals surface area contributed by atoms with Gasteiger partial charge in [-0.3, -0.25) is 0 Å². The summed E-state index contributed by atoms with van der Waals surface area (Å²) in [7, 11) is 0. The van der Waals surface area contributed by atoms with E-state index in [9.17, 15) is 0 Å². The molecule has 0 aliphatic carbocycles. The molecule has 0 atom stereocenters. The molecule has 0 radical (unpaired) electrons. The highest BCUT2D eigenvalue weighted by Gasteiger charge is 2.07. The molecule has 0 unspecified atom stereocenters. The normalized spacial score (nSPS) is 11.1. The van der Waals surface area contributed by atoms with E-state index in [1.165, 1.54) is 16.3 Å². The Morgan fingerprint density at radius 2 is 1.95 bits per heavy atom. The summed E-state index contributed by atoms with van der Waals surface area (Å²) in [5.41, 5.74) is 1.23. The fraction of sp³-hybridized carbons (Fsp3) is 0.267. The zero-order valence-electron chi connectivity index (χ0n) is 11.5. The SMILES string of the molecule is CCNCc1nnnn1Cc1cccc2ccccc12. The van der Waals surface area contributed by atoms with Gasteiger partial charge in [0, 0.05) is 0 Å². The van der Waals surface area contributed by atoms with Crippen LogP contribution in [0.3, 0.4) is 0 Å². The van der Waals surface area contributed by atoms with Crippen molar-refractivity contribution < 1.29 is 0 Å². The van der Waals surface area contributed by atoms with E-state index in [2.05, 4.69) is 70.2 Å². The first-order valence-corrected chi connectivity index (χ1v) is 6.81. The molecule has 3 aromatic rings. The van der Waals surface area contributed by atoms with E-state index in [-0.39, 0.29) is 0 Å². The molecule has 5 heteroatoms. The number of aromatic nitrogens is 4. The van der Waals surface area contributed by atoms with Crippen molar-refractivity contribution in [1.82, 2.24) is 25.5 Å². The molecule has 0 fully saturated rings. The van der Waals surface area contributed by atoms with E-state index in [1.54, 1.807) is 0 Å². The fourth-order valence-electron chi connectivity index (χ4n) is 2.30. The highest BCUT2D eigenvalue weighted by atomic mass is 15.5. The Hall–Kier alpha value is -2.27. The summed E-state index contributed by atoms with van der Waals surface area (Å²) in [6.07, 6.45) is 0. The molecule has 0 bridgehead atoms. The lowest BCUT2D eigenvalue weighted by Crippen LogP contribution is -2.17. The predicted octanol–water partition coefficient (Wildman–Crippen LogP) is 1.98. The smallest absolute Gasteiger partial charge is 0.165 e. The van der Waals surface area contributed by atoms with Crippen LogP contribution < -0.4 is 5.32 Å². The summed E-state index contributed by atoms with van der Waals surface area (Å²) in [6, 6.07) is 14.7. The number of rotatable bonds is 5. The third-order valence-electron chi connectivity index (χ3n) is 3.34. The van der Waals surface area contributed by atoms with Crippen LogP contribution in [0.1, 0.15) is 18.3 Å². The zero-order chi connectivity index (χ0) is 13.8. The second-order valence-corrected chi connectivity index (χ2v) is 4.67. The molecule has 1 N–H and O–H groups in total. The van der Waals surface area contributed by atoms with Gasteiger partial charge in [0.2, 0.25) is 0 Å². The van der Waals surface area contributed by atoms with Gasteiger partial charge in [0.15, 0.2) is 5.82 Å². The van der Waals surface area contributed by atoms with Crippen LogP contribution in [0.4, 0.5) is 0 Å². The molecule has 20 heavy (non-hydrogen) atoms. The average Bonchev–Trinajstić information content (AvgIpc) is 2.93. The van der Waals surface area contributed by atoms with Crippen molar-refractivity contribution in [2.24, 2.45) is 0 Å². The number of tetrazole rings is 1. The molecule has 1 heterocycles. The minimum absolute atomic E-state index is 0.689. The summed E-state index contributed by atoms with van der Waals surface area (Å²) in [5, 5.41) is 17.7. The Kier molecular flexibility index (Phi) is 3.69. The van der Waals surface area contributed by atoms with Crippen molar-refractivity contribution in [3.05, 3.63) is 53.9 Å². The zero-order valence-corrected chi connectivity index (χ0v) is 11.5. The lowest BCUT2D eigenvalue weighted by atomic mass is 10.0. The number of nitrogens with zero attached hydrogens (tertiary/aromatic N) is 4. The van der Waals surface area contributed by atoms with Crippen LogP contribution in [0.5, 0.6) is 0 Å². The Morgan fingerprint density at radius 3 is 2.85 bits per heavy atom. The van der Waals surface area contributed by atoms with Crippen molar-refractivity contribution in [3.8, 4) is 0 Å². The van der Waals surface area contributed by atoms with Crippen molar-refractivity contribution in [2.45, 2.75) is 20.0 Å². The molecule has 0 amide bonds. The lowest BCUT2D eigenvalue weighted by Gasteiger charge is -2.08. The Balaban J connectivity index is 1.92. The monoisotopic (exact) mass is 267 g/mol. The number of benzene rings is 2. The van der Waals surface area contributed by atoms with Gasteiger partial charge in [-0.15, -0.1) is 5.10 Å². The van der Waals surface area contributed by atoms with Gasteiger partial charge in [0.1, 0.15) is 0 Å². The van der Waals surface area contributed by atoms with Gasteiger partial charge in [0.25, 0.3) is 0 Å². The van der Waals surface area contributed by atoms with Gasteiger partial charge in [-0.25, -0.2) is 4.68 Å². The minimum Gasteiger partial charge on any atom is -0.310 e. The standard InChI is InChI=1S/C15H17N5/c1-2-16-10-15-17-18-19-20(15)11-13-8-5-7-12-6-3-4-9-14(12)13/h3-9,16H,2,10-11H2,1H3. The molecular weight excluding hydrogens is 250 g/mol. The first kappa shape index (κ1) is 12.7. The largest absolute Gasteiger partial charge is 0.310 e. The van der Waals surface area contributed by atoms with Crippen LogP contribution in [0, 0.1) is 0 Å². The minimum atomic E-state index is 0.689. The van der Waals surface area contributed by atoms with Crippen molar-refractivity contribution >= 4 is 10.8 Å². The highest BCUT2D eigenvalue weighted by Crippen LogP contribution is 2.19. The van der Waals surface area contributed by atoms with E-state index < -0.39 is 0 Å². The molecule has 102 valence electrons. The first-order valence-electron chi connectivity index (χ1n) is 6.81. The molecule has 0 aliphatic rings. The van der Waals surface area contributed by atoms with Gasteiger partial charge >= 0.3 is 0 Å². The summed E-state index contributed by atoms with van der Waals surface area (Å²) < 4.78 is 1.85. The highest BCUT2D eigenvalue weighted by molar-refractivity contribution is 5.85. The van der Waals surface area contributed by atoms with Crippen LogP contribution in [-0.4, -0.2) is 26.8 Å². The van der Waals surface area contributed by atoms with E-state index in [4.69, 9.17) is 0 Å². The Labute approximate surface area is 117 Å². The van der Waals surface area contributed by atoms with Gasteiger partial charge < -0.3 is 5.32 Å². The van der Waals surface area contributed by atoms with Crippen molar-refractivity contribution in [2.75, 3.05) is 6.54 Å². The molecule has 2 aromatic carbocycles. The molecule has 0 aliphatic heterocycles. The molecule has 0 saturated carbocycles. The average molecular weight is 267 g/mol.